The largest absolute Gasteiger partial charge is 0.399 e. The zero-order valence-corrected chi connectivity index (χ0v) is 6.49. The first kappa shape index (κ1) is 8.28. The van der Waals surface area contributed by atoms with Crippen molar-refractivity contribution in [2.24, 2.45) is 5.73 Å². The smallest absolute Gasteiger partial charge is 0.0272 e. The van der Waals surface area contributed by atoms with Gasteiger partial charge in [0, 0.05) is 5.70 Å². The van der Waals surface area contributed by atoms with Crippen LogP contribution in [0.2, 0.25) is 0 Å². The van der Waals surface area contributed by atoms with Crippen molar-refractivity contribution in [2.45, 2.75) is 27.2 Å². The second-order valence-corrected chi connectivity index (χ2v) is 2.36. The number of nitrogens with two attached hydrogens (primary N) is 1. The highest BCUT2D eigenvalue weighted by Crippen LogP contribution is 2.11. The Hall–Kier alpha value is -0.720. The molecular weight excluding hydrogens is 110 g/mol. The van der Waals surface area contributed by atoms with E-state index < -0.39 is 0 Å². The topological polar surface area (TPSA) is 26.0 Å². The molecule has 0 aliphatic rings. The van der Waals surface area contributed by atoms with Crippen molar-refractivity contribution in [3.05, 3.63) is 23.4 Å². The van der Waals surface area contributed by atoms with Gasteiger partial charge in [0.2, 0.25) is 0 Å². The minimum absolute atomic E-state index is 0.706. The zero-order chi connectivity index (χ0) is 7.44. The van der Waals surface area contributed by atoms with Crippen LogP contribution in [0.3, 0.4) is 0 Å². The Labute approximate surface area is 57.3 Å². The van der Waals surface area contributed by atoms with E-state index in [1.807, 2.05) is 0 Å². The molecule has 0 heterocycles. The van der Waals surface area contributed by atoms with Gasteiger partial charge in [-0.15, -0.1) is 0 Å². The summed E-state index contributed by atoms with van der Waals surface area (Å²) in [4.78, 5) is 0. The number of hydrogen-bond donors (Lipinski definition) is 1. The van der Waals surface area contributed by atoms with Crippen LogP contribution in [-0.2, 0) is 0 Å². The molecule has 0 spiro atoms. The molecule has 2 N–H and O–H groups in total. The van der Waals surface area contributed by atoms with Gasteiger partial charge in [0.25, 0.3) is 0 Å². The second-order valence-electron chi connectivity index (χ2n) is 2.36. The summed E-state index contributed by atoms with van der Waals surface area (Å²) < 4.78 is 0. The fraction of sp³-hybridized carbons (Fsp3) is 0.500. The van der Waals surface area contributed by atoms with Crippen LogP contribution in [0.15, 0.2) is 23.4 Å². The molecule has 0 aromatic rings. The summed E-state index contributed by atoms with van der Waals surface area (Å²) in [6, 6.07) is 0. The monoisotopic (exact) mass is 125 g/mol. The standard InChI is InChI=1S/C8H15N/c1-5-8(6(2)3)7(4)9/h4-5,9H2,1-3H3. The maximum atomic E-state index is 5.50. The Kier molecular flexibility index (Phi) is 3.07. The van der Waals surface area contributed by atoms with Gasteiger partial charge in [0.05, 0.1) is 0 Å². The van der Waals surface area contributed by atoms with Gasteiger partial charge in [-0.25, -0.2) is 0 Å². The Bertz CT molecular complexity index is 139. The molecular formula is C8H15N. The van der Waals surface area contributed by atoms with Gasteiger partial charge in [0.1, 0.15) is 0 Å². The van der Waals surface area contributed by atoms with E-state index in [1.54, 1.807) is 0 Å². The first-order valence-electron chi connectivity index (χ1n) is 3.20. The SMILES string of the molecule is C=C(N)C(CC)=C(C)C. The van der Waals surface area contributed by atoms with E-state index in [-0.39, 0.29) is 0 Å². The van der Waals surface area contributed by atoms with Crippen LogP contribution in [-0.4, -0.2) is 0 Å². The van der Waals surface area contributed by atoms with E-state index in [0.717, 1.165) is 6.42 Å². The van der Waals surface area contributed by atoms with Crippen LogP contribution < -0.4 is 5.73 Å². The number of allylic oxidation sites excluding steroid dienone is 2. The van der Waals surface area contributed by atoms with Crippen molar-refractivity contribution >= 4 is 0 Å². The Morgan fingerprint density at radius 3 is 1.89 bits per heavy atom. The van der Waals surface area contributed by atoms with Crippen LogP contribution in [0.1, 0.15) is 27.2 Å². The maximum absolute atomic E-state index is 5.50. The maximum Gasteiger partial charge on any atom is 0.0272 e. The summed E-state index contributed by atoms with van der Waals surface area (Å²) in [6.45, 7) is 9.86. The molecule has 52 valence electrons. The molecule has 0 aliphatic carbocycles. The summed E-state index contributed by atoms with van der Waals surface area (Å²) in [5.74, 6) is 0. The lowest BCUT2D eigenvalue weighted by Gasteiger charge is -2.04. The molecule has 0 radical (unpaired) electrons. The van der Waals surface area contributed by atoms with Crippen LogP contribution in [0, 0.1) is 0 Å². The van der Waals surface area contributed by atoms with Crippen LogP contribution in [0.5, 0.6) is 0 Å². The molecule has 0 aromatic carbocycles. The highest BCUT2D eigenvalue weighted by molar-refractivity contribution is 5.28. The predicted molar refractivity (Wildman–Crippen MR) is 42.0 cm³/mol. The summed E-state index contributed by atoms with van der Waals surface area (Å²) in [5, 5.41) is 0. The quantitative estimate of drug-likeness (QED) is 0.562. The number of hydrogen-bond acceptors (Lipinski definition) is 1. The third-order valence-electron chi connectivity index (χ3n) is 1.34. The van der Waals surface area contributed by atoms with Crippen molar-refractivity contribution in [2.75, 3.05) is 0 Å². The molecule has 1 heteroatoms. The summed E-state index contributed by atoms with van der Waals surface area (Å²) >= 11 is 0. The van der Waals surface area contributed by atoms with Crippen LogP contribution in [0.4, 0.5) is 0 Å². The summed E-state index contributed by atoms with van der Waals surface area (Å²) in [5.41, 5.74) is 8.66. The van der Waals surface area contributed by atoms with Gasteiger partial charge < -0.3 is 5.73 Å². The van der Waals surface area contributed by atoms with Gasteiger partial charge in [-0.1, -0.05) is 19.1 Å². The molecule has 0 fully saturated rings. The molecule has 0 amide bonds. The average Bonchev–Trinajstić information content (AvgIpc) is 1.64. The second kappa shape index (κ2) is 3.33. The van der Waals surface area contributed by atoms with Gasteiger partial charge in [-0.2, -0.15) is 0 Å². The molecule has 0 saturated carbocycles. The van der Waals surface area contributed by atoms with Crippen molar-refractivity contribution < 1.29 is 0 Å². The molecule has 1 nitrogen and oxygen atoms in total. The lowest BCUT2D eigenvalue weighted by atomic mass is 10.1. The Balaban J connectivity index is 4.35. The van der Waals surface area contributed by atoms with E-state index >= 15 is 0 Å². The van der Waals surface area contributed by atoms with E-state index in [1.165, 1.54) is 11.1 Å². The average molecular weight is 125 g/mol. The molecule has 0 bridgehead atoms. The first-order chi connectivity index (χ1) is 4.09. The fourth-order valence-electron chi connectivity index (χ4n) is 0.902. The van der Waals surface area contributed by atoms with Crippen LogP contribution in [0.25, 0.3) is 0 Å². The Morgan fingerprint density at radius 2 is 1.89 bits per heavy atom. The summed E-state index contributed by atoms with van der Waals surface area (Å²) in [6.07, 6.45) is 0.984. The van der Waals surface area contributed by atoms with Crippen molar-refractivity contribution in [1.29, 1.82) is 0 Å². The van der Waals surface area contributed by atoms with Gasteiger partial charge >= 0.3 is 0 Å². The molecule has 0 unspecified atom stereocenters. The number of rotatable bonds is 2. The Morgan fingerprint density at radius 1 is 1.44 bits per heavy atom. The molecule has 0 saturated heterocycles. The van der Waals surface area contributed by atoms with E-state index in [9.17, 15) is 0 Å². The van der Waals surface area contributed by atoms with E-state index in [0.29, 0.717) is 5.70 Å². The normalized spacial score (nSPS) is 8.78. The molecule has 0 rings (SSSR count). The van der Waals surface area contributed by atoms with Gasteiger partial charge in [0.15, 0.2) is 0 Å². The molecule has 9 heavy (non-hydrogen) atoms. The molecule has 0 atom stereocenters. The predicted octanol–water partition coefficient (Wildman–Crippen LogP) is 2.21. The molecule has 0 aromatic heterocycles. The minimum atomic E-state index is 0.706. The third kappa shape index (κ3) is 2.36. The van der Waals surface area contributed by atoms with Crippen molar-refractivity contribution in [3.8, 4) is 0 Å². The first-order valence-corrected chi connectivity index (χ1v) is 3.20. The van der Waals surface area contributed by atoms with Crippen molar-refractivity contribution in [1.82, 2.24) is 0 Å². The van der Waals surface area contributed by atoms with E-state index in [2.05, 4.69) is 27.4 Å². The zero-order valence-electron chi connectivity index (χ0n) is 6.49. The minimum Gasteiger partial charge on any atom is -0.399 e. The lowest BCUT2D eigenvalue weighted by molar-refractivity contribution is 1.05. The van der Waals surface area contributed by atoms with Crippen molar-refractivity contribution in [3.63, 3.8) is 0 Å². The van der Waals surface area contributed by atoms with Crippen LogP contribution >= 0.6 is 0 Å². The highest BCUT2D eigenvalue weighted by atomic mass is 14.6. The fourth-order valence-corrected chi connectivity index (χ4v) is 0.902. The van der Waals surface area contributed by atoms with Gasteiger partial charge in [-0.05, 0) is 25.8 Å². The highest BCUT2D eigenvalue weighted by Gasteiger charge is 1.95. The van der Waals surface area contributed by atoms with E-state index in [4.69, 9.17) is 5.73 Å². The van der Waals surface area contributed by atoms with Gasteiger partial charge in [-0.3, -0.25) is 0 Å². The summed E-state index contributed by atoms with van der Waals surface area (Å²) in [7, 11) is 0. The third-order valence-corrected chi connectivity index (χ3v) is 1.34. The molecule has 0 aliphatic heterocycles. The lowest BCUT2D eigenvalue weighted by Crippen LogP contribution is -1.99.